The Morgan fingerprint density at radius 1 is 0.524 bits per heavy atom. The number of aryl methyl sites for hydroxylation is 3. The van der Waals surface area contributed by atoms with Gasteiger partial charge >= 0.3 is 48.4 Å². The molecule has 0 saturated carbocycles. The number of hydrogen-bond donors (Lipinski definition) is 0. The molecule has 0 fully saturated rings. The van der Waals surface area contributed by atoms with Crippen molar-refractivity contribution >= 4 is 59.2 Å². The van der Waals surface area contributed by atoms with Gasteiger partial charge in [-0.3, -0.25) is 0 Å². The molecular weight excluding hydrogens is 258 g/mol. The third kappa shape index (κ3) is 6.87. The van der Waals surface area contributed by atoms with E-state index in [9.17, 15) is 0 Å². The van der Waals surface area contributed by atoms with Gasteiger partial charge in [-0.15, -0.1) is 0 Å². The van der Waals surface area contributed by atoms with Crippen LogP contribution < -0.4 is 0 Å². The molecule has 0 bridgehead atoms. The number of fused-ring (bicyclic) bond motifs is 1. The summed E-state index contributed by atoms with van der Waals surface area (Å²) in [6.07, 6.45) is 0. The topological polar surface area (TPSA) is 0 Å². The van der Waals surface area contributed by atoms with E-state index in [0.29, 0.717) is 0 Å². The third-order valence-electron chi connectivity index (χ3n) is 3.02. The van der Waals surface area contributed by atoms with Crippen LogP contribution in [0.25, 0.3) is 10.8 Å². The van der Waals surface area contributed by atoms with Crippen molar-refractivity contribution in [2.45, 2.75) is 20.8 Å². The normalized spacial score (nSPS) is 8.90. The molecule has 0 atom stereocenters. The molecule has 3 aromatic rings. The minimum atomic E-state index is 0. The Morgan fingerprint density at radius 3 is 1.00 bits per heavy atom. The summed E-state index contributed by atoms with van der Waals surface area (Å²) in [6.45, 7) is 6.38. The van der Waals surface area contributed by atoms with Crippen LogP contribution in [0, 0.1) is 20.8 Å². The maximum Gasteiger partial charge on any atom is -0.0184 e. The third-order valence-corrected chi connectivity index (χ3v) is 3.02. The summed E-state index contributed by atoms with van der Waals surface area (Å²) >= 11 is 0. The van der Waals surface area contributed by atoms with Gasteiger partial charge in [0.25, 0.3) is 0 Å². The Labute approximate surface area is 162 Å². The van der Waals surface area contributed by atoms with Gasteiger partial charge in [-0.1, -0.05) is 83.4 Å². The van der Waals surface area contributed by atoms with Gasteiger partial charge in [-0.25, -0.2) is 0 Å². The van der Waals surface area contributed by atoms with Crippen molar-refractivity contribution in [3.05, 3.63) is 83.4 Å². The summed E-state index contributed by atoms with van der Waals surface area (Å²) in [4.78, 5) is 0. The van der Waals surface area contributed by atoms with E-state index in [0.717, 1.165) is 0 Å². The quantitative estimate of drug-likeness (QED) is 0.543. The molecule has 0 aliphatic carbocycles. The standard InChI is InChI=1S/C10H8.C9H12.Li.Na.2H/c1-2-6-10-8-4-3-7-9(10)5-1;1-7-4-8(2)6-9(3)5-7;;;;/h1-8H;4-6H,1-3H3;;;;. The molecule has 0 heterocycles. The predicted octanol–water partition coefficient (Wildman–Crippen LogP) is 4.15. The molecule has 0 aliphatic heterocycles. The molecule has 0 spiro atoms. The van der Waals surface area contributed by atoms with Crippen molar-refractivity contribution in [3.63, 3.8) is 0 Å². The second kappa shape index (κ2) is 10.3. The maximum absolute atomic E-state index is 2.19. The molecule has 0 aliphatic rings. The van der Waals surface area contributed by atoms with E-state index in [4.69, 9.17) is 0 Å². The molecule has 2 heteroatoms. The first kappa shape index (κ1) is 20.5. The molecule has 21 heavy (non-hydrogen) atoms. The summed E-state index contributed by atoms with van der Waals surface area (Å²) in [5.74, 6) is 0. The SMILES string of the molecule is Cc1cc(C)cc(C)c1.[LiH].[NaH].c1ccc2ccccc2c1. The molecule has 0 amide bonds. The van der Waals surface area contributed by atoms with Gasteiger partial charge < -0.3 is 0 Å². The zero-order valence-corrected chi connectivity index (χ0v) is 11.9. The van der Waals surface area contributed by atoms with Crippen molar-refractivity contribution in [2.75, 3.05) is 0 Å². The van der Waals surface area contributed by atoms with E-state index >= 15 is 0 Å². The van der Waals surface area contributed by atoms with Crippen LogP contribution in [0.4, 0.5) is 0 Å². The van der Waals surface area contributed by atoms with Crippen molar-refractivity contribution in [1.29, 1.82) is 0 Å². The summed E-state index contributed by atoms with van der Waals surface area (Å²) in [6, 6.07) is 23.3. The van der Waals surface area contributed by atoms with Crippen LogP contribution in [0.3, 0.4) is 0 Å². The number of rotatable bonds is 0. The second-order valence-electron chi connectivity index (χ2n) is 5.01. The van der Waals surface area contributed by atoms with E-state index < -0.39 is 0 Å². The van der Waals surface area contributed by atoms with Gasteiger partial charge in [0.15, 0.2) is 0 Å². The van der Waals surface area contributed by atoms with E-state index in [-0.39, 0.29) is 48.4 Å². The van der Waals surface area contributed by atoms with Gasteiger partial charge in [0, 0.05) is 0 Å². The molecule has 0 aromatic heterocycles. The van der Waals surface area contributed by atoms with Crippen LogP contribution >= 0.6 is 0 Å². The van der Waals surface area contributed by atoms with Crippen LogP contribution in [0.1, 0.15) is 16.7 Å². The number of hydrogen-bond acceptors (Lipinski definition) is 0. The van der Waals surface area contributed by atoms with Crippen LogP contribution in [0.5, 0.6) is 0 Å². The fraction of sp³-hybridized carbons (Fsp3) is 0.158. The molecule has 0 saturated heterocycles. The summed E-state index contributed by atoms with van der Waals surface area (Å²) < 4.78 is 0. The largest absolute Gasteiger partial charge is 0.0616 e. The number of benzene rings is 3. The Morgan fingerprint density at radius 2 is 0.762 bits per heavy atom. The monoisotopic (exact) mass is 280 g/mol. The summed E-state index contributed by atoms with van der Waals surface area (Å²) in [5.41, 5.74) is 4.06. The van der Waals surface area contributed by atoms with E-state index in [1.807, 2.05) is 0 Å². The van der Waals surface area contributed by atoms with E-state index in [2.05, 4.69) is 87.5 Å². The zero-order chi connectivity index (χ0) is 13.7. The fourth-order valence-electron chi connectivity index (χ4n) is 2.34. The first-order valence-corrected chi connectivity index (χ1v) is 6.64. The average molecular weight is 280 g/mol. The molecule has 3 aromatic carbocycles. The first-order valence-electron chi connectivity index (χ1n) is 6.64. The van der Waals surface area contributed by atoms with Crippen molar-refractivity contribution < 1.29 is 0 Å². The van der Waals surface area contributed by atoms with Crippen LogP contribution in [-0.2, 0) is 0 Å². The molecule has 0 N–H and O–H groups in total. The summed E-state index contributed by atoms with van der Waals surface area (Å²) in [7, 11) is 0. The zero-order valence-electron chi connectivity index (χ0n) is 11.9. The predicted molar refractivity (Wildman–Crippen MR) is 98.9 cm³/mol. The van der Waals surface area contributed by atoms with Crippen molar-refractivity contribution in [1.82, 2.24) is 0 Å². The minimum absolute atomic E-state index is 0. The van der Waals surface area contributed by atoms with Gasteiger partial charge in [0.2, 0.25) is 0 Å². The van der Waals surface area contributed by atoms with Crippen molar-refractivity contribution in [3.8, 4) is 0 Å². The van der Waals surface area contributed by atoms with Gasteiger partial charge in [-0.05, 0) is 31.5 Å². The van der Waals surface area contributed by atoms with Crippen molar-refractivity contribution in [2.24, 2.45) is 0 Å². The fourth-order valence-corrected chi connectivity index (χ4v) is 2.34. The summed E-state index contributed by atoms with van der Waals surface area (Å²) in [5, 5.41) is 2.62. The second-order valence-corrected chi connectivity index (χ2v) is 5.01. The first-order chi connectivity index (χ1) is 9.15. The molecule has 3 rings (SSSR count). The Hall–Kier alpha value is -0.483. The van der Waals surface area contributed by atoms with Gasteiger partial charge in [-0.2, -0.15) is 0 Å². The maximum atomic E-state index is 2.19. The smallest absolute Gasteiger partial charge is 0.0184 e. The molecular formula is C19H22LiNa. The molecule has 0 unspecified atom stereocenters. The van der Waals surface area contributed by atoms with Crippen LogP contribution in [0.2, 0.25) is 0 Å². The van der Waals surface area contributed by atoms with Crippen LogP contribution in [0.15, 0.2) is 66.7 Å². The Kier molecular flexibility index (Phi) is 10.0. The molecule has 0 radical (unpaired) electrons. The molecule has 100 valence electrons. The minimum Gasteiger partial charge on any atom is -0.0616 e. The average Bonchev–Trinajstić information content (AvgIpc) is 2.38. The van der Waals surface area contributed by atoms with E-state index in [1.165, 1.54) is 27.5 Å². The Bertz CT molecular complexity index is 561. The van der Waals surface area contributed by atoms with Gasteiger partial charge in [0.1, 0.15) is 0 Å². The van der Waals surface area contributed by atoms with Crippen LogP contribution in [-0.4, -0.2) is 48.4 Å². The Balaban J connectivity index is 0.000000350. The molecule has 0 nitrogen and oxygen atoms in total. The van der Waals surface area contributed by atoms with E-state index in [1.54, 1.807) is 0 Å². The van der Waals surface area contributed by atoms with Gasteiger partial charge in [0.05, 0.1) is 0 Å².